The predicted octanol–water partition coefficient (Wildman–Crippen LogP) is 1.59. The lowest BCUT2D eigenvalue weighted by molar-refractivity contribution is -0.179. The van der Waals surface area contributed by atoms with Gasteiger partial charge in [0.15, 0.2) is 0 Å². The number of hydrogen-bond acceptors (Lipinski definition) is 2. The molecule has 0 unspecified atom stereocenters. The molecule has 2 rings (SSSR count). The van der Waals surface area contributed by atoms with Crippen LogP contribution in [0.5, 0.6) is 0 Å². The normalized spacial score (nSPS) is 22.1. The van der Waals surface area contributed by atoms with Crippen LogP contribution in [0, 0.1) is 5.92 Å². The lowest BCUT2D eigenvalue weighted by atomic mass is 9.97. The van der Waals surface area contributed by atoms with Crippen LogP contribution in [-0.2, 0) is 13.0 Å². The molecule has 0 aliphatic carbocycles. The maximum atomic E-state index is 12.4. The molecular weight excluding hydrogens is 195 g/mol. The van der Waals surface area contributed by atoms with Gasteiger partial charge in [-0.2, -0.15) is 13.2 Å². The van der Waals surface area contributed by atoms with Gasteiger partial charge in [-0.3, -0.25) is 0 Å². The number of rotatable bonds is 0. The zero-order valence-corrected chi connectivity index (χ0v) is 7.38. The van der Waals surface area contributed by atoms with Crippen LogP contribution in [0.15, 0.2) is 6.20 Å². The summed E-state index contributed by atoms with van der Waals surface area (Å²) >= 11 is 0. The van der Waals surface area contributed by atoms with E-state index in [1.54, 1.807) is 10.8 Å². The van der Waals surface area contributed by atoms with E-state index in [0.717, 1.165) is 0 Å². The van der Waals surface area contributed by atoms with Gasteiger partial charge in [-0.15, -0.1) is 0 Å². The van der Waals surface area contributed by atoms with E-state index in [0.29, 0.717) is 18.2 Å². The highest BCUT2D eigenvalue weighted by molar-refractivity contribution is 5.26. The molecule has 1 aromatic heterocycles. The Labute approximate surface area is 78.7 Å². The van der Waals surface area contributed by atoms with E-state index < -0.39 is 12.1 Å². The Hall–Kier alpha value is -1.20. The molecule has 1 aliphatic heterocycles. The Kier molecular flexibility index (Phi) is 1.94. The van der Waals surface area contributed by atoms with Crippen LogP contribution in [0.3, 0.4) is 0 Å². The predicted molar refractivity (Wildman–Crippen MR) is 44.5 cm³/mol. The molecule has 0 fully saturated rings. The molecule has 0 aromatic carbocycles. The zero-order chi connectivity index (χ0) is 10.3. The van der Waals surface area contributed by atoms with Crippen LogP contribution in [-0.4, -0.2) is 15.7 Å². The SMILES string of the molecule is Nc1cn2c(n1)C[C@@H](C(F)(F)F)CC2. The summed E-state index contributed by atoms with van der Waals surface area (Å²) in [5.41, 5.74) is 5.40. The number of nitrogen functional groups attached to an aromatic ring is 1. The summed E-state index contributed by atoms with van der Waals surface area (Å²) in [6.07, 6.45) is -2.47. The molecule has 2 N–H and O–H groups in total. The summed E-state index contributed by atoms with van der Waals surface area (Å²) in [5.74, 6) is -0.532. The quantitative estimate of drug-likeness (QED) is 0.699. The number of nitrogens with two attached hydrogens (primary N) is 1. The van der Waals surface area contributed by atoms with Crippen molar-refractivity contribution in [2.75, 3.05) is 5.73 Å². The summed E-state index contributed by atoms with van der Waals surface area (Å²) in [4.78, 5) is 3.86. The molecule has 14 heavy (non-hydrogen) atoms. The zero-order valence-electron chi connectivity index (χ0n) is 7.38. The van der Waals surface area contributed by atoms with E-state index in [1.165, 1.54) is 0 Å². The average Bonchev–Trinajstić information content (AvgIpc) is 2.41. The monoisotopic (exact) mass is 205 g/mol. The molecule has 0 amide bonds. The molecular formula is C8H10F3N3. The number of anilines is 1. The first-order chi connectivity index (χ1) is 6.47. The lowest BCUT2D eigenvalue weighted by Gasteiger charge is -2.24. The summed E-state index contributed by atoms with van der Waals surface area (Å²) < 4.78 is 38.8. The van der Waals surface area contributed by atoms with Crippen LogP contribution < -0.4 is 5.73 Å². The molecule has 6 heteroatoms. The van der Waals surface area contributed by atoms with Crippen molar-refractivity contribution in [3.63, 3.8) is 0 Å². The number of alkyl halides is 3. The first-order valence-electron chi connectivity index (χ1n) is 4.35. The minimum atomic E-state index is -4.12. The largest absolute Gasteiger partial charge is 0.392 e. The van der Waals surface area contributed by atoms with Crippen molar-refractivity contribution in [1.82, 2.24) is 9.55 Å². The molecule has 0 saturated heterocycles. The summed E-state index contributed by atoms with van der Waals surface area (Å²) in [5, 5.41) is 0. The third-order valence-electron chi connectivity index (χ3n) is 2.49. The van der Waals surface area contributed by atoms with Crippen molar-refractivity contribution in [2.24, 2.45) is 5.92 Å². The van der Waals surface area contributed by atoms with Crippen LogP contribution in [0.4, 0.5) is 19.0 Å². The van der Waals surface area contributed by atoms with E-state index in [1.807, 2.05) is 0 Å². The maximum Gasteiger partial charge on any atom is 0.392 e. The summed E-state index contributed by atoms with van der Waals surface area (Å²) in [6.45, 7) is 0.351. The van der Waals surface area contributed by atoms with Crippen molar-refractivity contribution in [3.8, 4) is 0 Å². The van der Waals surface area contributed by atoms with E-state index in [4.69, 9.17) is 5.73 Å². The highest BCUT2D eigenvalue weighted by Crippen LogP contribution is 2.34. The smallest absolute Gasteiger partial charge is 0.382 e. The van der Waals surface area contributed by atoms with Crippen LogP contribution in [0.2, 0.25) is 0 Å². The van der Waals surface area contributed by atoms with Crippen molar-refractivity contribution >= 4 is 5.82 Å². The second kappa shape index (κ2) is 2.90. The standard InChI is InChI=1S/C8H10F3N3/c9-8(10,11)5-1-2-14-4-6(12)13-7(14)3-5/h4-5H,1-3,12H2/t5-/m0/s1. The van der Waals surface area contributed by atoms with Crippen LogP contribution >= 0.6 is 0 Å². The number of fused-ring (bicyclic) bond motifs is 1. The summed E-state index contributed by atoms with van der Waals surface area (Å²) in [7, 11) is 0. The Morgan fingerprint density at radius 3 is 2.86 bits per heavy atom. The van der Waals surface area contributed by atoms with Gasteiger partial charge in [0, 0.05) is 19.2 Å². The molecule has 3 nitrogen and oxygen atoms in total. The minimum absolute atomic E-state index is 0.0549. The highest BCUT2D eigenvalue weighted by atomic mass is 19.4. The molecule has 1 aliphatic rings. The number of aromatic nitrogens is 2. The molecule has 0 radical (unpaired) electrons. The summed E-state index contributed by atoms with van der Waals surface area (Å²) in [6, 6.07) is 0. The van der Waals surface area contributed by atoms with Gasteiger partial charge in [-0.25, -0.2) is 4.98 Å². The van der Waals surface area contributed by atoms with Gasteiger partial charge in [-0.1, -0.05) is 0 Å². The van der Waals surface area contributed by atoms with Gasteiger partial charge in [-0.05, 0) is 6.42 Å². The number of hydrogen-bond donors (Lipinski definition) is 1. The third kappa shape index (κ3) is 1.56. The first kappa shape index (κ1) is 9.36. The number of aryl methyl sites for hydroxylation is 1. The fourth-order valence-electron chi connectivity index (χ4n) is 1.73. The first-order valence-corrected chi connectivity index (χ1v) is 4.35. The fourth-order valence-corrected chi connectivity index (χ4v) is 1.73. The third-order valence-corrected chi connectivity index (χ3v) is 2.49. The number of nitrogens with zero attached hydrogens (tertiary/aromatic N) is 2. The Morgan fingerprint density at radius 1 is 1.50 bits per heavy atom. The van der Waals surface area contributed by atoms with E-state index in [-0.39, 0.29) is 12.8 Å². The molecule has 0 spiro atoms. The molecule has 78 valence electrons. The van der Waals surface area contributed by atoms with Crippen molar-refractivity contribution in [3.05, 3.63) is 12.0 Å². The molecule has 0 bridgehead atoms. The fraction of sp³-hybridized carbons (Fsp3) is 0.625. The van der Waals surface area contributed by atoms with Crippen molar-refractivity contribution in [1.29, 1.82) is 0 Å². The molecule has 0 saturated carbocycles. The second-order valence-corrected chi connectivity index (χ2v) is 3.51. The van der Waals surface area contributed by atoms with Crippen molar-refractivity contribution in [2.45, 2.75) is 25.6 Å². The molecule has 1 aromatic rings. The molecule has 1 atom stereocenters. The number of halogens is 3. The topological polar surface area (TPSA) is 43.8 Å². The van der Waals surface area contributed by atoms with Crippen LogP contribution in [0.1, 0.15) is 12.2 Å². The van der Waals surface area contributed by atoms with Gasteiger partial charge in [0.2, 0.25) is 0 Å². The highest BCUT2D eigenvalue weighted by Gasteiger charge is 2.41. The minimum Gasteiger partial charge on any atom is -0.382 e. The van der Waals surface area contributed by atoms with Crippen molar-refractivity contribution < 1.29 is 13.2 Å². The van der Waals surface area contributed by atoms with Gasteiger partial charge in [0.25, 0.3) is 0 Å². The van der Waals surface area contributed by atoms with Gasteiger partial charge < -0.3 is 10.3 Å². The van der Waals surface area contributed by atoms with E-state index >= 15 is 0 Å². The van der Waals surface area contributed by atoms with Gasteiger partial charge >= 0.3 is 6.18 Å². The average molecular weight is 205 g/mol. The molecule has 2 heterocycles. The maximum absolute atomic E-state index is 12.4. The van der Waals surface area contributed by atoms with E-state index in [9.17, 15) is 13.2 Å². The van der Waals surface area contributed by atoms with Crippen LogP contribution in [0.25, 0.3) is 0 Å². The second-order valence-electron chi connectivity index (χ2n) is 3.51. The Morgan fingerprint density at radius 2 is 2.21 bits per heavy atom. The van der Waals surface area contributed by atoms with Gasteiger partial charge in [0.05, 0.1) is 5.92 Å². The lowest BCUT2D eigenvalue weighted by Crippen LogP contribution is -2.31. The van der Waals surface area contributed by atoms with E-state index in [2.05, 4.69) is 4.98 Å². The number of imidazole rings is 1. The Bertz CT molecular complexity index is 342. The Balaban J connectivity index is 2.21. The van der Waals surface area contributed by atoms with Gasteiger partial charge in [0.1, 0.15) is 11.6 Å².